The number of aliphatic hydroxyl groups excluding tert-OH is 1. The molecular weight excluding hydrogens is 260 g/mol. The number of carboxylic acid groups (broad SMARTS) is 3. The number of hydrogen-bond acceptors (Lipinski definition) is 7. The maximum absolute atomic E-state index is 10.7. The van der Waals surface area contributed by atoms with E-state index in [9.17, 15) is 29.7 Å². The Bertz CT molecular complexity index is 468. The zero-order chi connectivity index (χ0) is 15.0. The van der Waals surface area contributed by atoms with Crippen LogP contribution in [0.4, 0.5) is 0 Å². The van der Waals surface area contributed by atoms with Crippen LogP contribution < -0.4 is 15.3 Å². The molecule has 1 atom stereocenters. The molecule has 1 aromatic rings. The van der Waals surface area contributed by atoms with E-state index in [4.69, 9.17) is 10.2 Å². The quantitative estimate of drug-likeness (QED) is 0.574. The SMILES string of the molecule is O=C(O)c1ccccc1[O-].O=C([O-])CC(O)C(=O)[O-]. The van der Waals surface area contributed by atoms with Gasteiger partial charge in [-0.1, -0.05) is 23.9 Å². The first kappa shape index (κ1) is 16.4. The number of aliphatic carboxylic acids is 2. The maximum Gasteiger partial charge on any atom is 0.335 e. The van der Waals surface area contributed by atoms with Gasteiger partial charge in [0.1, 0.15) is 0 Å². The maximum atomic E-state index is 10.7. The molecule has 0 bridgehead atoms. The lowest BCUT2D eigenvalue weighted by Crippen LogP contribution is -2.39. The number of carbonyl (C=O) groups excluding carboxylic acids is 2. The number of benzene rings is 1. The van der Waals surface area contributed by atoms with Crippen LogP contribution in [0.15, 0.2) is 24.3 Å². The zero-order valence-electron chi connectivity index (χ0n) is 9.44. The Hall–Kier alpha value is -2.61. The van der Waals surface area contributed by atoms with E-state index in [1.54, 1.807) is 0 Å². The fourth-order valence-corrected chi connectivity index (χ4v) is 0.885. The van der Waals surface area contributed by atoms with Gasteiger partial charge in [-0.3, -0.25) is 0 Å². The van der Waals surface area contributed by atoms with Crippen molar-refractivity contribution in [1.29, 1.82) is 0 Å². The molecule has 8 nitrogen and oxygen atoms in total. The molecule has 0 aliphatic heterocycles. The van der Waals surface area contributed by atoms with E-state index in [1.165, 1.54) is 24.3 Å². The van der Waals surface area contributed by atoms with Crippen LogP contribution in [-0.2, 0) is 9.59 Å². The normalized spacial score (nSPS) is 10.8. The van der Waals surface area contributed by atoms with Crippen molar-refractivity contribution >= 4 is 17.9 Å². The van der Waals surface area contributed by atoms with Crippen LogP contribution in [0.5, 0.6) is 5.75 Å². The summed E-state index contributed by atoms with van der Waals surface area (Å²) in [6.07, 6.45) is -2.89. The molecule has 0 saturated carbocycles. The Kier molecular flexibility index (Phi) is 6.61. The average molecular weight is 269 g/mol. The summed E-state index contributed by atoms with van der Waals surface area (Å²) in [6.45, 7) is 0. The van der Waals surface area contributed by atoms with E-state index >= 15 is 0 Å². The number of rotatable bonds is 4. The highest BCUT2D eigenvalue weighted by atomic mass is 16.4. The van der Waals surface area contributed by atoms with Crippen molar-refractivity contribution in [1.82, 2.24) is 0 Å². The molecule has 0 amide bonds. The van der Waals surface area contributed by atoms with Gasteiger partial charge in [0, 0.05) is 12.4 Å². The molecule has 1 aromatic carbocycles. The molecule has 1 rings (SSSR count). The highest BCUT2D eigenvalue weighted by Crippen LogP contribution is 2.10. The second-order valence-electron chi connectivity index (χ2n) is 3.21. The third-order valence-electron chi connectivity index (χ3n) is 1.75. The second-order valence-corrected chi connectivity index (χ2v) is 3.21. The first-order valence-corrected chi connectivity index (χ1v) is 4.83. The van der Waals surface area contributed by atoms with Gasteiger partial charge in [0.15, 0.2) is 0 Å². The molecule has 2 N–H and O–H groups in total. The van der Waals surface area contributed by atoms with Crippen molar-refractivity contribution < 1.29 is 39.9 Å². The van der Waals surface area contributed by atoms with Crippen LogP contribution in [-0.4, -0.2) is 34.2 Å². The van der Waals surface area contributed by atoms with Crippen molar-refractivity contribution in [3.63, 3.8) is 0 Å². The second kappa shape index (κ2) is 7.67. The molecule has 0 aromatic heterocycles. The van der Waals surface area contributed by atoms with Gasteiger partial charge < -0.3 is 35.1 Å². The summed E-state index contributed by atoms with van der Waals surface area (Å²) in [6, 6.07) is 5.54. The number of aromatic carboxylic acids is 1. The van der Waals surface area contributed by atoms with E-state index < -0.39 is 36.2 Å². The van der Waals surface area contributed by atoms with Gasteiger partial charge in [0.2, 0.25) is 0 Å². The highest BCUT2D eigenvalue weighted by molar-refractivity contribution is 5.90. The van der Waals surface area contributed by atoms with E-state index in [0.717, 1.165) is 0 Å². The fourth-order valence-electron chi connectivity index (χ4n) is 0.885. The van der Waals surface area contributed by atoms with Crippen LogP contribution in [0.1, 0.15) is 16.8 Å². The first-order valence-electron chi connectivity index (χ1n) is 4.83. The average Bonchev–Trinajstić information content (AvgIpc) is 2.29. The van der Waals surface area contributed by atoms with Gasteiger partial charge in [-0.25, -0.2) is 4.79 Å². The number of carbonyl (C=O) groups is 3. The van der Waals surface area contributed by atoms with Gasteiger partial charge in [-0.2, -0.15) is 0 Å². The van der Waals surface area contributed by atoms with E-state index in [-0.39, 0.29) is 5.56 Å². The van der Waals surface area contributed by atoms with Gasteiger partial charge in [-0.15, -0.1) is 0 Å². The Morgan fingerprint density at radius 3 is 1.95 bits per heavy atom. The predicted molar refractivity (Wildman–Crippen MR) is 53.5 cm³/mol. The molecule has 0 heterocycles. The lowest BCUT2D eigenvalue weighted by molar-refractivity contribution is -0.323. The first-order chi connectivity index (χ1) is 8.75. The molecular formula is C11H9O8-3. The van der Waals surface area contributed by atoms with Gasteiger partial charge in [-0.05, 0) is 6.07 Å². The largest absolute Gasteiger partial charge is 0.872 e. The van der Waals surface area contributed by atoms with E-state index in [2.05, 4.69) is 0 Å². The third kappa shape index (κ3) is 6.64. The fraction of sp³-hybridized carbons (Fsp3) is 0.182. The summed E-state index contributed by atoms with van der Waals surface area (Å²) in [5, 5.41) is 46.4. The molecule has 8 heteroatoms. The molecule has 0 fully saturated rings. The predicted octanol–water partition coefficient (Wildman–Crippen LogP) is -3.30. The summed E-state index contributed by atoms with van der Waals surface area (Å²) in [4.78, 5) is 29.4. The zero-order valence-corrected chi connectivity index (χ0v) is 9.44. The molecule has 104 valence electrons. The van der Waals surface area contributed by atoms with Gasteiger partial charge >= 0.3 is 5.97 Å². The molecule has 19 heavy (non-hydrogen) atoms. The van der Waals surface area contributed by atoms with Crippen LogP contribution in [0, 0.1) is 0 Å². The Balaban J connectivity index is 0.000000344. The van der Waals surface area contributed by atoms with Gasteiger partial charge in [0.05, 0.1) is 17.6 Å². The molecule has 0 aliphatic rings. The number of para-hydroxylation sites is 1. The monoisotopic (exact) mass is 269 g/mol. The molecule has 0 spiro atoms. The van der Waals surface area contributed by atoms with Crippen LogP contribution in [0.25, 0.3) is 0 Å². The molecule has 1 unspecified atom stereocenters. The van der Waals surface area contributed by atoms with Crippen molar-refractivity contribution in [2.75, 3.05) is 0 Å². The number of hydrogen-bond donors (Lipinski definition) is 2. The van der Waals surface area contributed by atoms with Crippen molar-refractivity contribution in [3.8, 4) is 5.75 Å². The highest BCUT2D eigenvalue weighted by Gasteiger charge is 2.03. The summed E-state index contributed by atoms with van der Waals surface area (Å²) < 4.78 is 0. The minimum atomic E-state index is -1.96. The lowest BCUT2D eigenvalue weighted by atomic mass is 10.2. The van der Waals surface area contributed by atoms with Crippen molar-refractivity contribution in [2.45, 2.75) is 12.5 Å². The summed E-state index contributed by atoms with van der Waals surface area (Å²) in [5.41, 5.74) is -0.178. The van der Waals surface area contributed by atoms with E-state index in [0.29, 0.717) is 0 Å². The van der Waals surface area contributed by atoms with Crippen LogP contribution in [0.3, 0.4) is 0 Å². The van der Waals surface area contributed by atoms with E-state index in [1.807, 2.05) is 0 Å². The standard InChI is InChI=1S/C7H6O3.C4H6O5/c8-6-4-2-1-3-5(6)7(9)10;5-2(4(8)9)1-3(6)7/h1-4,8H,(H,9,10);2,5H,1H2,(H,6,7)(H,8,9)/p-3. The topological polar surface area (TPSA) is 161 Å². The van der Waals surface area contributed by atoms with Crippen molar-refractivity contribution in [2.24, 2.45) is 0 Å². The summed E-state index contributed by atoms with van der Waals surface area (Å²) in [5.74, 6) is -5.05. The molecule has 0 saturated heterocycles. The van der Waals surface area contributed by atoms with Crippen LogP contribution >= 0.6 is 0 Å². The smallest absolute Gasteiger partial charge is 0.335 e. The number of carboxylic acids is 3. The molecule has 0 radical (unpaired) electrons. The Morgan fingerprint density at radius 2 is 1.68 bits per heavy atom. The summed E-state index contributed by atoms with van der Waals surface area (Å²) in [7, 11) is 0. The Morgan fingerprint density at radius 1 is 1.16 bits per heavy atom. The molecule has 0 aliphatic carbocycles. The Labute approximate surface area is 107 Å². The minimum Gasteiger partial charge on any atom is -0.872 e. The lowest BCUT2D eigenvalue weighted by Gasteiger charge is -2.10. The minimum absolute atomic E-state index is 0.178. The van der Waals surface area contributed by atoms with Crippen LogP contribution in [0.2, 0.25) is 0 Å². The van der Waals surface area contributed by atoms with Crippen molar-refractivity contribution in [3.05, 3.63) is 29.8 Å². The third-order valence-corrected chi connectivity index (χ3v) is 1.75. The number of aliphatic hydroxyl groups is 1. The summed E-state index contributed by atoms with van der Waals surface area (Å²) >= 11 is 0. The van der Waals surface area contributed by atoms with Gasteiger partial charge in [0.25, 0.3) is 0 Å².